The SMILES string of the molecule is CCCC(CCC)c1ccc(COc2ccc(-c3csc(CN4CCN(c5cccc(C(=O)O)c5)CC4)n3)cc2)cc1. The summed E-state index contributed by atoms with van der Waals surface area (Å²) in [7, 11) is 0. The number of carbonyl (C=O) groups is 1. The Bertz CT molecular complexity index is 1420. The summed E-state index contributed by atoms with van der Waals surface area (Å²) in [6.07, 6.45) is 4.94. The maximum absolute atomic E-state index is 11.3. The van der Waals surface area contributed by atoms with Crippen LogP contribution in [0.5, 0.6) is 5.75 Å². The minimum atomic E-state index is -0.888. The van der Waals surface area contributed by atoms with Crippen LogP contribution in [0.1, 0.15) is 71.9 Å². The summed E-state index contributed by atoms with van der Waals surface area (Å²) in [6, 6.07) is 24.4. The highest BCUT2D eigenvalue weighted by atomic mass is 32.1. The summed E-state index contributed by atoms with van der Waals surface area (Å²) < 4.78 is 6.09. The van der Waals surface area contributed by atoms with E-state index in [9.17, 15) is 9.90 Å². The molecule has 2 heterocycles. The van der Waals surface area contributed by atoms with Crippen LogP contribution < -0.4 is 9.64 Å². The van der Waals surface area contributed by atoms with E-state index < -0.39 is 5.97 Å². The zero-order valence-electron chi connectivity index (χ0n) is 24.7. The van der Waals surface area contributed by atoms with E-state index in [4.69, 9.17) is 9.72 Å². The molecule has 5 rings (SSSR count). The monoisotopic (exact) mass is 583 g/mol. The van der Waals surface area contributed by atoms with Crippen LogP contribution in [0.2, 0.25) is 0 Å². The molecule has 6 nitrogen and oxygen atoms in total. The topological polar surface area (TPSA) is 65.9 Å². The lowest BCUT2D eigenvalue weighted by Gasteiger charge is -2.35. The average molecular weight is 584 g/mol. The maximum atomic E-state index is 11.3. The van der Waals surface area contributed by atoms with E-state index in [2.05, 4.69) is 65.4 Å². The van der Waals surface area contributed by atoms with Crippen LogP contribution in [0.25, 0.3) is 11.3 Å². The highest BCUT2D eigenvalue weighted by Gasteiger charge is 2.19. The normalized spacial score (nSPS) is 13.9. The number of carboxylic acid groups (broad SMARTS) is 1. The van der Waals surface area contributed by atoms with E-state index in [1.54, 1.807) is 23.5 Å². The summed E-state index contributed by atoms with van der Waals surface area (Å²) in [5, 5.41) is 12.5. The molecule has 0 saturated carbocycles. The molecule has 1 aliphatic heterocycles. The van der Waals surface area contributed by atoms with Gasteiger partial charge in [0.25, 0.3) is 0 Å². The molecule has 0 amide bonds. The molecule has 0 aliphatic carbocycles. The second-order valence-corrected chi connectivity index (χ2v) is 12.0. The van der Waals surface area contributed by atoms with Gasteiger partial charge >= 0.3 is 5.97 Å². The van der Waals surface area contributed by atoms with Crippen molar-refractivity contribution < 1.29 is 14.6 Å². The molecule has 7 heteroatoms. The molecule has 1 saturated heterocycles. The van der Waals surface area contributed by atoms with Gasteiger partial charge in [-0.3, -0.25) is 4.90 Å². The molecular formula is C35H41N3O3S. The molecule has 4 aromatic rings. The van der Waals surface area contributed by atoms with Gasteiger partial charge < -0.3 is 14.7 Å². The number of aromatic nitrogens is 1. The van der Waals surface area contributed by atoms with Gasteiger partial charge in [-0.25, -0.2) is 9.78 Å². The van der Waals surface area contributed by atoms with Gasteiger partial charge in [0.1, 0.15) is 17.4 Å². The molecule has 1 N–H and O–H groups in total. The standard InChI is InChI=1S/C35H41N3O3S/c1-3-6-27(7-4-2)28-12-10-26(11-13-28)24-41-32-16-14-29(15-17-32)33-25-42-34(36-33)23-37-18-20-38(21-19-37)31-9-5-8-30(22-31)35(39)40/h5,8-17,22,25,27H,3-4,6-7,18-21,23-24H2,1-2H3,(H,39,40). The lowest BCUT2D eigenvalue weighted by atomic mass is 9.90. The molecular weight excluding hydrogens is 542 g/mol. The van der Waals surface area contributed by atoms with Crippen molar-refractivity contribution in [2.24, 2.45) is 0 Å². The first-order valence-electron chi connectivity index (χ1n) is 15.1. The third kappa shape index (κ3) is 7.78. The summed E-state index contributed by atoms with van der Waals surface area (Å²) in [4.78, 5) is 20.9. The summed E-state index contributed by atoms with van der Waals surface area (Å²) in [5.74, 6) is 0.634. The number of piperazine rings is 1. The van der Waals surface area contributed by atoms with Crippen molar-refractivity contribution >= 4 is 23.0 Å². The van der Waals surface area contributed by atoms with Crippen molar-refractivity contribution in [2.45, 2.75) is 58.6 Å². The zero-order valence-corrected chi connectivity index (χ0v) is 25.5. The third-order valence-electron chi connectivity index (χ3n) is 8.02. The van der Waals surface area contributed by atoms with Crippen molar-refractivity contribution in [1.82, 2.24) is 9.88 Å². The highest BCUT2D eigenvalue weighted by molar-refractivity contribution is 7.09. The number of hydrogen-bond acceptors (Lipinski definition) is 6. The predicted molar refractivity (Wildman–Crippen MR) is 172 cm³/mol. The van der Waals surface area contributed by atoms with E-state index in [-0.39, 0.29) is 0 Å². The largest absolute Gasteiger partial charge is 0.489 e. The minimum Gasteiger partial charge on any atom is -0.489 e. The Balaban J connectivity index is 1.10. The average Bonchev–Trinajstić information content (AvgIpc) is 3.49. The zero-order chi connectivity index (χ0) is 29.3. The molecule has 1 aliphatic rings. The van der Waals surface area contributed by atoms with Gasteiger partial charge in [0.2, 0.25) is 0 Å². The fraction of sp³-hybridized carbons (Fsp3) is 0.371. The smallest absolute Gasteiger partial charge is 0.335 e. The molecule has 0 unspecified atom stereocenters. The van der Waals surface area contributed by atoms with Crippen LogP contribution in [0.4, 0.5) is 5.69 Å². The molecule has 42 heavy (non-hydrogen) atoms. The molecule has 0 spiro atoms. The molecule has 1 fully saturated rings. The number of thiazole rings is 1. The highest BCUT2D eigenvalue weighted by Crippen LogP contribution is 2.28. The van der Waals surface area contributed by atoms with Gasteiger partial charge in [0, 0.05) is 42.8 Å². The predicted octanol–water partition coefficient (Wildman–Crippen LogP) is 8.09. The molecule has 0 radical (unpaired) electrons. The Morgan fingerprint density at radius 1 is 0.952 bits per heavy atom. The number of hydrogen-bond donors (Lipinski definition) is 1. The van der Waals surface area contributed by atoms with E-state index in [1.165, 1.54) is 36.8 Å². The van der Waals surface area contributed by atoms with Crippen molar-refractivity contribution in [3.63, 3.8) is 0 Å². The van der Waals surface area contributed by atoms with Crippen molar-refractivity contribution in [3.8, 4) is 17.0 Å². The van der Waals surface area contributed by atoms with Gasteiger partial charge in [-0.15, -0.1) is 11.3 Å². The quantitative estimate of drug-likeness (QED) is 0.172. The molecule has 0 atom stereocenters. The number of rotatable bonds is 13. The molecule has 0 bridgehead atoms. The van der Waals surface area contributed by atoms with E-state index in [0.717, 1.165) is 60.4 Å². The summed E-state index contributed by atoms with van der Waals surface area (Å²) >= 11 is 1.70. The van der Waals surface area contributed by atoms with Crippen LogP contribution in [0.3, 0.4) is 0 Å². The first-order chi connectivity index (χ1) is 20.5. The first kappa shape index (κ1) is 29.8. The molecule has 3 aromatic carbocycles. The van der Waals surface area contributed by atoms with Gasteiger partial charge in [0.15, 0.2) is 0 Å². The number of ether oxygens (including phenoxy) is 1. The maximum Gasteiger partial charge on any atom is 0.335 e. The Labute approximate surface area is 253 Å². The fourth-order valence-corrected chi connectivity index (χ4v) is 6.50. The van der Waals surface area contributed by atoms with Gasteiger partial charge in [-0.2, -0.15) is 0 Å². The van der Waals surface area contributed by atoms with Crippen LogP contribution in [-0.2, 0) is 13.2 Å². The fourth-order valence-electron chi connectivity index (χ4n) is 5.66. The van der Waals surface area contributed by atoms with Gasteiger partial charge in [-0.05, 0) is 72.4 Å². The van der Waals surface area contributed by atoms with Crippen molar-refractivity contribution in [3.05, 3.63) is 99.9 Å². The second kappa shape index (κ2) is 14.5. The molecule has 1 aromatic heterocycles. The third-order valence-corrected chi connectivity index (χ3v) is 8.86. The lowest BCUT2D eigenvalue weighted by molar-refractivity contribution is 0.0697. The Hall–Kier alpha value is -3.68. The molecule has 220 valence electrons. The second-order valence-electron chi connectivity index (χ2n) is 11.1. The number of benzene rings is 3. The van der Waals surface area contributed by atoms with E-state index in [0.29, 0.717) is 18.1 Å². The Morgan fingerprint density at radius 2 is 1.67 bits per heavy atom. The Morgan fingerprint density at radius 3 is 2.33 bits per heavy atom. The minimum absolute atomic E-state index is 0.331. The number of carboxylic acids is 1. The van der Waals surface area contributed by atoms with Gasteiger partial charge in [0.05, 0.1) is 17.8 Å². The number of anilines is 1. The number of nitrogens with zero attached hydrogens (tertiary/aromatic N) is 3. The summed E-state index contributed by atoms with van der Waals surface area (Å²) in [5.41, 5.74) is 6.02. The first-order valence-corrected chi connectivity index (χ1v) is 16.0. The van der Waals surface area contributed by atoms with Crippen molar-refractivity contribution in [1.29, 1.82) is 0 Å². The van der Waals surface area contributed by atoms with Crippen molar-refractivity contribution in [2.75, 3.05) is 31.1 Å². The van der Waals surface area contributed by atoms with E-state index in [1.807, 2.05) is 24.3 Å². The summed E-state index contributed by atoms with van der Waals surface area (Å²) in [6.45, 7) is 9.48. The van der Waals surface area contributed by atoms with E-state index >= 15 is 0 Å². The van der Waals surface area contributed by atoms with Gasteiger partial charge in [-0.1, -0.05) is 57.0 Å². The number of aromatic carboxylic acids is 1. The Kier molecular flexibility index (Phi) is 10.3. The van der Waals surface area contributed by atoms with Crippen LogP contribution in [0.15, 0.2) is 78.2 Å². The van der Waals surface area contributed by atoms with Crippen LogP contribution >= 0.6 is 11.3 Å². The van der Waals surface area contributed by atoms with Crippen LogP contribution in [0, 0.1) is 0 Å². The lowest BCUT2D eigenvalue weighted by Crippen LogP contribution is -2.46. The van der Waals surface area contributed by atoms with Crippen LogP contribution in [-0.4, -0.2) is 47.1 Å².